The Hall–Kier alpha value is -3.36. The second-order valence-corrected chi connectivity index (χ2v) is 9.31. The van der Waals surface area contributed by atoms with Gasteiger partial charge in [0, 0.05) is 43.3 Å². The molecule has 0 bridgehead atoms. The quantitative estimate of drug-likeness (QED) is 0.479. The predicted octanol–water partition coefficient (Wildman–Crippen LogP) is 3.85. The third kappa shape index (κ3) is 5.66. The Balaban J connectivity index is 1.34. The van der Waals surface area contributed by atoms with Crippen LogP contribution in [0.3, 0.4) is 0 Å². The zero-order valence-electron chi connectivity index (χ0n) is 19.6. The van der Waals surface area contributed by atoms with Gasteiger partial charge in [0.2, 0.25) is 0 Å². The van der Waals surface area contributed by atoms with E-state index in [0.29, 0.717) is 48.5 Å². The summed E-state index contributed by atoms with van der Waals surface area (Å²) < 4.78 is 18.6. The standard InChI is InChI=1S/C27H29FN4O3/c1-16-2-3-18(12-25(16)33)26-30-21(13-24(32-26)27(34)31-20-8-10-35-11-9-20)15-29-23-14-22(23)17-4-6-19(28)7-5-17/h2-7,12-13,20,22-23,29,33H,8-11,14-15H2,1H3,(H,31,34)/t22-,23+/m0/s1. The molecule has 2 aliphatic rings. The summed E-state index contributed by atoms with van der Waals surface area (Å²) in [5.74, 6) is 0.405. The largest absolute Gasteiger partial charge is 0.508 e. The topological polar surface area (TPSA) is 96.4 Å². The molecular formula is C27H29FN4O3. The maximum Gasteiger partial charge on any atom is 0.270 e. The number of carbonyl (C=O) groups excluding carboxylic acids is 1. The minimum absolute atomic E-state index is 0.0580. The molecular weight excluding hydrogens is 447 g/mol. The van der Waals surface area contributed by atoms with E-state index in [1.807, 2.05) is 25.1 Å². The van der Waals surface area contributed by atoms with Crippen LogP contribution in [0.25, 0.3) is 11.4 Å². The molecule has 1 saturated heterocycles. The van der Waals surface area contributed by atoms with Crippen LogP contribution >= 0.6 is 0 Å². The van der Waals surface area contributed by atoms with Gasteiger partial charge in [0.25, 0.3) is 5.91 Å². The molecule has 1 amide bonds. The minimum atomic E-state index is -0.242. The summed E-state index contributed by atoms with van der Waals surface area (Å²) in [7, 11) is 0. The van der Waals surface area contributed by atoms with E-state index in [1.165, 1.54) is 12.1 Å². The lowest BCUT2D eigenvalue weighted by Crippen LogP contribution is -2.39. The third-order valence-corrected chi connectivity index (χ3v) is 6.67. The van der Waals surface area contributed by atoms with Crippen LogP contribution < -0.4 is 10.6 Å². The molecule has 2 fully saturated rings. The van der Waals surface area contributed by atoms with Crippen LogP contribution in [0.5, 0.6) is 5.75 Å². The summed E-state index contributed by atoms with van der Waals surface area (Å²) in [6, 6.07) is 13.9. The summed E-state index contributed by atoms with van der Waals surface area (Å²) >= 11 is 0. The van der Waals surface area contributed by atoms with Gasteiger partial charge in [-0.2, -0.15) is 0 Å². The zero-order chi connectivity index (χ0) is 24.4. The molecule has 0 spiro atoms. The highest BCUT2D eigenvalue weighted by atomic mass is 19.1. The molecule has 3 N–H and O–H groups in total. The molecule has 2 aromatic carbocycles. The van der Waals surface area contributed by atoms with Crippen molar-refractivity contribution in [3.05, 3.63) is 76.9 Å². The fourth-order valence-corrected chi connectivity index (χ4v) is 4.42. The molecule has 2 heterocycles. The number of phenolic OH excluding ortho intramolecular Hbond substituents is 1. The van der Waals surface area contributed by atoms with Crippen LogP contribution in [0, 0.1) is 12.7 Å². The Morgan fingerprint density at radius 1 is 1.11 bits per heavy atom. The maximum absolute atomic E-state index is 13.2. The summed E-state index contributed by atoms with van der Waals surface area (Å²) in [5.41, 5.74) is 3.50. The van der Waals surface area contributed by atoms with E-state index in [9.17, 15) is 14.3 Å². The maximum atomic E-state index is 13.2. The third-order valence-electron chi connectivity index (χ3n) is 6.67. The molecule has 8 heteroatoms. The van der Waals surface area contributed by atoms with Gasteiger partial charge < -0.3 is 20.5 Å². The van der Waals surface area contributed by atoms with Gasteiger partial charge in [-0.25, -0.2) is 14.4 Å². The van der Waals surface area contributed by atoms with Gasteiger partial charge in [0.1, 0.15) is 17.3 Å². The summed E-state index contributed by atoms with van der Waals surface area (Å²) in [6.45, 7) is 3.55. The highest BCUT2D eigenvalue weighted by molar-refractivity contribution is 5.93. The fraction of sp³-hybridized carbons (Fsp3) is 0.370. The molecule has 2 atom stereocenters. The van der Waals surface area contributed by atoms with Crippen molar-refractivity contribution in [1.82, 2.24) is 20.6 Å². The van der Waals surface area contributed by atoms with E-state index in [1.54, 1.807) is 18.2 Å². The van der Waals surface area contributed by atoms with Crippen molar-refractivity contribution >= 4 is 5.91 Å². The van der Waals surface area contributed by atoms with Crippen LogP contribution in [-0.2, 0) is 11.3 Å². The van der Waals surface area contributed by atoms with E-state index >= 15 is 0 Å². The number of ether oxygens (including phenoxy) is 1. The Morgan fingerprint density at radius 2 is 1.89 bits per heavy atom. The summed E-state index contributed by atoms with van der Waals surface area (Å²) in [4.78, 5) is 22.2. The molecule has 7 nitrogen and oxygen atoms in total. The van der Waals surface area contributed by atoms with Gasteiger partial charge in [-0.15, -0.1) is 0 Å². The van der Waals surface area contributed by atoms with Crippen molar-refractivity contribution in [2.75, 3.05) is 13.2 Å². The highest BCUT2D eigenvalue weighted by Crippen LogP contribution is 2.40. The second kappa shape index (κ2) is 10.1. The number of benzene rings is 2. The number of rotatable bonds is 7. The van der Waals surface area contributed by atoms with E-state index in [2.05, 4.69) is 20.6 Å². The number of nitrogens with zero attached hydrogens (tertiary/aromatic N) is 2. The molecule has 0 radical (unpaired) electrons. The van der Waals surface area contributed by atoms with E-state index < -0.39 is 0 Å². The number of phenols is 1. The summed E-state index contributed by atoms with van der Waals surface area (Å²) in [5, 5.41) is 16.7. The normalized spacial score (nSPS) is 19.9. The van der Waals surface area contributed by atoms with Crippen molar-refractivity contribution < 1.29 is 19.0 Å². The number of hydrogen-bond acceptors (Lipinski definition) is 6. The van der Waals surface area contributed by atoms with Gasteiger partial charge >= 0.3 is 0 Å². The summed E-state index contributed by atoms with van der Waals surface area (Å²) in [6.07, 6.45) is 2.51. The average molecular weight is 477 g/mol. The average Bonchev–Trinajstić information content (AvgIpc) is 3.65. The van der Waals surface area contributed by atoms with Crippen molar-refractivity contribution in [2.24, 2.45) is 0 Å². The van der Waals surface area contributed by atoms with E-state index in [-0.39, 0.29) is 29.6 Å². The van der Waals surface area contributed by atoms with E-state index in [0.717, 1.165) is 30.4 Å². The Labute approximate surface area is 203 Å². The van der Waals surface area contributed by atoms with Crippen LogP contribution in [0.1, 0.15) is 52.5 Å². The number of aromatic nitrogens is 2. The first-order chi connectivity index (χ1) is 17.0. The van der Waals surface area contributed by atoms with Gasteiger partial charge in [0.05, 0.1) is 5.69 Å². The molecule has 0 unspecified atom stereocenters. The molecule has 1 aliphatic carbocycles. The first-order valence-corrected chi connectivity index (χ1v) is 12.0. The minimum Gasteiger partial charge on any atom is -0.508 e. The zero-order valence-corrected chi connectivity index (χ0v) is 19.6. The first kappa shape index (κ1) is 23.4. The van der Waals surface area contributed by atoms with Crippen LogP contribution in [0.2, 0.25) is 0 Å². The first-order valence-electron chi connectivity index (χ1n) is 12.0. The molecule has 1 aromatic heterocycles. The number of aryl methyl sites for hydroxylation is 1. The van der Waals surface area contributed by atoms with Crippen molar-refractivity contribution in [3.63, 3.8) is 0 Å². The van der Waals surface area contributed by atoms with Crippen LogP contribution in [-0.4, -0.2) is 46.3 Å². The smallest absolute Gasteiger partial charge is 0.270 e. The second-order valence-electron chi connectivity index (χ2n) is 9.31. The van der Waals surface area contributed by atoms with Crippen molar-refractivity contribution in [3.8, 4) is 17.1 Å². The van der Waals surface area contributed by atoms with Crippen LogP contribution in [0.4, 0.5) is 4.39 Å². The fourth-order valence-electron chi connectivity index (χ4n) is 4.42. The Bertz CT molecular complexity index is 1210. The van der Waals surface area contributed by atoms with E-state index in [4.69, 9.17) is 4.74 Å². The molecule has 5 rings (SSSR count). The van der Waals surface area contributed by atoms with Crippen molar-refractivity contribution in [1.29, 1.82) is 0 Å². The Kier molecular flexibility index (Phi) is 6.74. The van der Waals surface area contributed by atoms with Gasteiger partial charge in [-0.1, -0.05) is 24.3 Å². The van der Waals surface area contributed by atoms with Gasteiger partial charge in [-0.3, -0.25) is 4.79 Å². The lowest BCUT2D eigenvalue weighted by Gasteiger charge is -2.23. The number of carbonyl (C=O) groups is 1. The lowest BCUT2D eigenvalue weighted by atomic mass is 10.1. The van der Waals surface area contributed by atoms with Gasteiger partial charge in [0.15, 0.2) is 5.82 Å². The predicted molar refractivity (Wildman–Crippen MR) is 130 cm³/mol. The molecule has 1 aliphatic heterocycles. The number of nitrogens with one attached hydrogen (secondary N) is 2. The monoisotopic (exact) mass is 476 g/mol. The van der Waals surface area contributed by atoms with Gasteiger partial charge in [-0.05, 0) is 61.6 Å². The van der Waals surface area contributed by atoms with Crippen LogP contribution in [0.15, 0.2) is 48.5 Å². The number of halogens is 1. The molecule has 1 saturated carbocycles. The molecule has 35 heavy (non-hydrogen) atoms. The molecule has 182 valence electrons. The molecule has 3 aromatic rings. The Morgan fingerprint density at radius 3 is 2.63 bits per heavy atom. The number of hydrogen-bond donors (Lipinski definition) is 3. The number of amides is 1. The highest BCUT2D eigenvalue weighted by Gasteiger charge is 2.37. The SMILES string of the molecule is Cc1ccc(-c2nc(CN[C@@H]3C[C@H]3c3ccc(F)cc3)cc(C(=O)NC3CCOCC3)n2)cc1O. The lowest BCUT2D eigenvalue weighted by molar-refractivity contribution is 0.0694. The number of aromatic hydroxyl groups is 1. The van der Waals surface area contributed by atoms with Crippen molar-refractivity contribution in [2.45, 2.75) is 50.7 Å².